The summed E-state index contributed by atoms with van der Waals surface area (Å²) in [5, 5.41) is 13.1. The van der Waals surface area contributed by atoms with E-state index in [1.807, 2.05) is 6.92 Å². The van der Waals surface area contributed by atoms with E-state index in [1.165, 1.54) is 23.5 Å². The van der Waals surface area contributed by atoms with E-state index in [4.69, 9.17) is 0 Å². The van der Waals surface area contributed by atoms with E-state index < -0.39 is 11.7 Å². The number of nitrogens with zero attached hydrogens (tertiary/aromatic N) is 2. The molecule has 0 aliphatic heterocycles. The van der Waals surface area contributed by atoms with Crippen molar-refractivity contribution in [3.63, 3.8) is 0 Å². The van der Waals surface area contributed by atoms with E-state index in [2.05, 4.69) is 15.5 Å². The molecule has 0 bridgehead atoms. The van der Waals surface area contributed by atoms with Gasteiger partial charge in [0.05, 0.1) is 12.1 Å². The van der Waals surface area contributed by atoms with Crippen LogP contribution in [0.5, 0.6) is 0 Å². The lowest BCUT2D eigenvalue weighted by molar-refractivity contribution is -0.137. The molecule has 22 heavy (non-hydrogen) atoms. The van der Waals surface area contributed by atoms with Crippen LogP contribution < -0.4 is 5.32 Å². The van der Waals surface area contributed by atoms with Crippen molar-refractivity contribution < 1.29 is 13.2 Å². The molecule has 1 aromatic carbocycles. The Morgan fingerprint density at radius 1 is 1.32 bits per heavy atom. The predicted octanol–water partition coefficient (Wildman–Crippen LogP) is 4.11. The van der Waals surface area contributed by atoms with Gasteiger partial charge in [-0.15, -0.1) is 21.5 Å². The first-order valence-corrected chi connectivity index (χ1v) is 7.94. The zero-order valence-electron chi connectivity index (χ0n) is 12.0. The monoisotopic (exact) mass is 327 g/mol. The Balaban J connectivity index is 1.76. The van der Waals surface area contributed by atoms with Crippen molar-refractivity contribution in [1.82, 2.24) is 15.5 Å². The standard InChI is InChI=1S/C15H16F3N3S/c1-9-20-21-13(22-9)8-19-14(10-5-6-10)11-3-2-4-12(7-11)15(16,17)18/h2-4,7,10,14,19H,5-6,8H2,1H3. The van der Waals surface area contributed by atoms with Crippen molar-refractivity contribution in [1.29, 1.82) is 0 Å². The molecule has 0 radical (unpaired) electrons. The molecule has 3 nitrogen and oxygen atoms in total. The molecule has 1 aliphatic rings. The van der Waals surface area contributed by atoms with Crippen LogP contribution >= 0.6 is 11.3 Å². The van der Waals surface area contributed by atoms with Gasteiger partial charge in [-0.2, -0.15) is 13.2 Å². The summed E-state index contributed by atoms with van der Waals surface area (Å²) in [5.41, 5.74) is 0.0998. The summed E-state index contributed by atoms with van der Waals surface area (Å²) >= 11 is 1.50. The zero-order chi connectivity index (χ0) is 15.7. The van der Waals surface area contributed by atoms with Gasteiger partial charge >= 0.3 is 6.18 Å². The fraction of sp³-hybridized carbons (Fsp3) is 0.467. The van der Waals surface area contributed by atoms with E-state index in [0.29, 0.717) is 18.0 Å². The second-order valence-electron chi connectivity index (χ2n) is 5.53. The maximum Gasteiger partial charge on any atom is 0.416 e. The minimum absolute atomic E-state index is 0.0634. The number of rotatable bonds is 5. The Bertz CT molecular complexity index is 649. The Morgan fingerprint density at radius 3 is 2.68 bits per heavy atom. The van der Waals surface area contributed by atoms with Crippen molar-refractivity contribution in [2.24, 2.45) is 5.92 Å². The second-order valence-corrected chi connectivity index (χ2v) is 6.80. The van der Waals surface area contributed by atoms with E-state index in [9.17, 15) is 13.2 Å². The van der Waals surface area contributed by atoms with Gasteiger partial charge in [-0.1, -0.05) is 12.1 Å². The maximum atomic E-state index is 12.9. The highest BCUT2D eigenvalue weighted by Gasteiger charge is 2.35. The predicted molar refractivity (Wildman–Crippen MR) is 78.4 cm³/mol. The lowest BCUT2D eigenvalue weighted by atomic mass is 10.00. The fourth-order valence-electron chi connectivity index (χ4n) is 2.50. The molecule has 0 spiro atoms. The van der Waals surface area contributed by atoms with Crippen molar-refractivity contribution in [2.45, 2.75) is 38.5 Å². The lowest BCUT2D eigenvalue weighted by Crippen LogP contribution is -2.23. The van der Waals surface area contributed by atoms with Gasteiger partial charge in [0.1, 0.15) is 10.0 Å². The SMILES string of the molecule is Cc1nnc(CNC(c2cccc(C(F)(F)F)c2)C2CC2)s1. The van der Waals surface area contributed by atoms with Crippen LogP contribution in [-0.4, -0.2) is 10.2 Å². The van der Waals surface area contributed by atoms with Crippen LogP contribution in [0.25, 0.3) is 0 Å². The van der Waals surface area contributed by atoms with Crippen molar-refractivity contribution in [3.05, 3.63) is 45.4 Å². The highest BCUT2D eigenvalue weighted by atomic mass is 32.1. The molecule has 0 amide bonds. The molecule has 1 fully saturated rings. The molecule has 1 atom stereocenters. The average molecular weight is 327 g/mol. The molecule has 1 saturated carbocycles. The number of aryl methyl sites for hydroxylation is 1. The van der Waals surface area contributed by atoms with E-state index >= 15 is 0 Å². The van der Waals surface area contributed by atoms with Gasteiger partial charge in [0.25, 0.3) is 0 Å². The van der Waals surface area contributed by atoms with Gasteiger partial charge < -0.3 is 5.32 Å². The smallest absolute Gasteiger partial charge is 0.303 e. The van der Waals surface area contributed by atoms with Crippen LogP contribution in [0.1, 0.15) is 40.0 Å². The van der Waals surface area contributed by atoms with Gasteiger partial charge in [-0.3, -0.25) is 0 Å². The topological polar surface area (TPSA) is 37.8 Å². The summed E-state index contributed by atoms with van der Waals surface area (Å²) in [7, 11) is 0. The summed E-state index contributed by atoms with van der Waals surface area (Å²) in [6.45, 7) is 2.41. The molecule has 118 valence electrons. The van der Waals surface area contributed by atoms with E-state index in [1.54, 1.807) is 6.07 Å². The number of halogens is 3. The number of hydrogen-bond acceptors (Lipinski definition) is 4. The third-order valence-electron chi connectivity index (χ3n) is 3.71. The first-order valence-electron chi connectivity index (χ1n) is 7.13. The van der Waals surface area contributed by atoms with Gasteiger partial charge in [0.2, 0.25) is 0 Å². The van der Waals surface area contributed by atoms with E-state index in [-0.39, 0.29) is 6.04 Å². The number of aromatic nitrogens is 2. The summed E-state index contributed by atoms with van der Waals surface area (Å²) < 4.78 is 38.6. The van der Waals surface area contributed by atoms with Gasteiger partial charge in [-0.25, -0.2) is 0 Å². The summed E-state index contributed by atoms with van der Waals surface area (Å²) in [6.07, 6.45) is -2.22. The summed E-state index contributed by atoms with van der Waals surface area (Å²) in [5.74, 6) is 0.400. The first-order chi connectivity index (χ1) is 10.4. The van der Waals surface area contributed by atoms with Crippen LogP contribution in [0, 0.1) is 12.8 Å². The maximum absolute atomic E-state index is 12.9. The molecular formula is C15H16F3N3S. The van der Waals surface area contributed by atoms with Gasteiger partial charge in [-0.05, 0) is 43.4 Å². The molecule has 1 heterocycles. The highest BCUT2D eigenvalue weighted by Crippen LogP contribution is 2.42. The Labute approximate surface area is 130 Å². The van der Waals surface area contributed by atoms with E-state index in [0.717, 1.165) is 28.9 Å². The largest absolute Gasteiger partial charge is 0.416 e. The first kappa shape index (κ1) is 15.4. The Kier molecular flexibility index (Phi) is 4.18. The third-order valence-corrected chi connectivity index (χ3v) is 4.55. The quantitative estimate of drug-likeness (QED) is 0.898. The molecule has 1 aliphatic carbocycles. The molecule has 1 unspecified atom stereocenters. The molecule has 1 aromatic heterocycles. The number of hydrogen-bond donors (Lipinski definition) is 1. The molecular weight excluding hydrogens is 311 g/mol. The average Bonchev–Trinajstić information content (AvgIpc) is 3.21. The summed E-state index contributed by atoms with van der Waals surface area (Å²) in [6, 6.07) is 5.54. The molecule has 0 saturated heterocycles. The Hall–Kier alpha value is -1.47. The van der Waals surface area contributed by atoms with Crippen LogP contribution in [-0.2, 0) is 12.7 Å². The zero-order valence-corrected chi connectivity index (χ0v) is 12.8. The minimum Gasteiger partial charge on any atom is -0.303 e. The second kappa shape index (κ2) is 5.96. The summed E-state index contributed by atoms with van der Waals surface area (Å²) in [4.78, 5) is 0. The minimum atomic E-state index is -4.31. The van der Waals surface area contributed by atoms with Crippen LogP contribution in [0.15, 0.2) is 24.3 Å². The lowest BCUT2D eigenvalue weighted by Gasteiger charge is -2.19. The normalized spacial score (nSPS) is 16.7. The Morgan fingerprint density at radius 2 is 2.09 bits per heavy atom. The van der Waals surface area contributed by atoms with Crippen LogP contribution in [0.3, 0.4) is 0 Å². The van der Waals surface area contributed by atoms with Crippen LogP contribution in [0.2, 0.25) is 0 Å². The van der Waals surface area contributed by atoms with Gasteiger partial charge in [0.15, 0.2) is 0 Å². The molecule has 1 N–H and O–H groups in total. The molecule has 3 rings (SSSR count). The van der Waals surface area contributed by atoms with Crippen LogP contribution in [0.4, 0.5) is 13.2 Å². The van der Waals surface area contributed by atoms with Gasteiger partial charge in [0, 0.05) is 6.04 Å². The fourth-order valence-corrected chi connectivity index (χ4v) is 3.16. The highest BCUT2D eigenvalue weighted by molar-refractivity contribution is 7.11. The van der Waals surface area contributed by atoms with Crippen molar-refractivity contribution >= 4 is 11.3 Å². The number of benzene rings is 1. The third kappa shape index (κ3) is 3.64. The van der Waals surface area contributed by atoms with Crippen molar-refractivity contribution in [3.8, 4) is 0 Å². The molecule has 7 heteroatoms. The van der Waals surface area contributed by atoms with Crippen molar-refractivity contribution in [2.75, 3.05) is 0 Å². The molecule has 2 aromatic rings. The number of nitrogens with one attached hydrogen (secondary N) is 1. The number of alkyl halides is 3.